The molecule has 0 spiro atoms. The molecular weight excluding hydrogens is 178 g/mol. The van der Waals surface area contributed by atoms with Crippen LogP contribution in [0.2, 0.25) is 0 Å². The highest BCUT2D eigenvalue weighted by molar-refractivity contribution is 5.04. The second-order valence-corrected chi connectivity index (χ2v) is 3.40. The molecule has 4 nitrogen and oxygen atoms in total. The van der Waals surface area contributed by atoms with Crippen molar-refractivity contribution in [3.63, 3.8) is 0 Å². The monoisotopic (exact) mass is 195 g/mol. The third kappa shape index (κ3) is 3.72. The van der Waals surface area contributed by atoms with Gasteiger partial charge in [0.15, 0.2) is 0 Å². The second-order valence-electron chi connectivity index (χ2n) is 3.40. The fourth-order valence-corrected chi connectivity index (χ4v) is 1.14. The van der Waals surface area contributed by atoms with E-state index in [4.69, 9.17) is 5.11 Å². The Bertz CT molecular complexity index is 293. The number of hydrogen-bond donors (Lipinski definition) is 2. The molecule has 0 bridgehead atoms. The minimum Gasteiger partial charge on any atom is -0.394 e. The summed E-state index contributed by atoms with van der Waals surface area (Å²) in [6.45, 7) is 8.09. The summed E-state index contributed by atoms with van der Waals surface area (Å²) in [6, 6.07) is 0. The van der Waals surface area contributed by atoms with E-state index in [1.54, 1.807) is 10.9 Å². The lowest BCUT2D eigenvalue weighted by molar-refractivity contribution is 0.269. The zero-order chi connectivity index (χ0) is 10.4. The summed E-state index contributed by atoms with van der Waals surface area (Å²) in [6.07, 6.45) is 3.74. The number of aliphatic hydroxyl groups is 1. The van der Waals surface area contributed by atoms with Gasteiger partial charge in [0.1, 0.15) is 0 Å². The lowest BCUT2D eigenvalue weighted by atomic mass is 10.3. The fourth-order valence-electron chi connectivity index (χ4n) is 1.14. The normalized spacial score (nSPS) is 10.4. The van der Waals surface area contributed by atoms with Crippen molar-refractivity contribution in [2.75, 3.05) is 13.2 Å². The van der Waals surface area contributed by atoms with Crippen molar-refractivity contribution in [2.24, 2.45) is 0 Å². The van der Waals surface area contributed by atoms with Gasteiger partial charge in [0.05, 0.1) is 19.3 Å². The Balaban J connectivity index is 2.32. The van der Waals surface area contributed by atoms with Gasteiger partial charge in [0.2, 0.25) is 0 Å². The van der Waals surface area contributed by atoms with Crippen molar-refractivity contribution in [1.82, 2.24) is 15.1 Å². The first kappa shape index (κ1) is 10.9. The van der Waals surface area contributed by atoms with Gasteiger partial charge >= 0.3 is 0 Å². The topological polar surface area (TPSA) is 50.1 Å². The lowest BCUT2D eigenvalue weighted by Crippen LogP contribution is -2.14. The maximum atomic E-state index is 8.69. The first-order chi connectivity index (χ1) is 6.72. The van der Waals surface area contributed by atoms with Crippen molar-refractivity contribution < 1.29 is 5.11 Å². The van der Waals surface area contributed by atoms with Gasteiger partial charge in [-0.15, -0.1) is 0 Å². The van der Waals surface area contributed by atoms with Gasteiger partial charge < -0.3 is 10.4 Å². The van der Waals surface area contributed by atoms with Crippen LogP contribution < -0.4 is 5.32 Å². The number of nitrogens with zero attached hydrogens (tertiary/aromatic N) is 2. The number of hydrogen-bond acceptors (Lipinski definition) is 3. The van der Waals surface area contributed by atoms with Gasteiger partial charge in [-0.1, -0.05) is 12.2 Å². The van der Waals surface area contributed by atoms with Crippen LogP contribution in [-0.2, 0) is 13.1 Å². The molecule has 0 aromatic carbocycles. The molecule has 0 amide bonds. The molecule has 2 N–H and O–H groups in total. The Hall–Kier alpha value is -1.13. The molecule has 0 unspecified atom stereocenters. The molecule has 0 aliphatic heterocycles. The van der Waals surface area contributed by atoms with Crippen LogP contribution in [0.4, 0.5) is 0 Å². The average molecular weight is 195 g/mol. The highest BCUT2D eigenvalue weighted by Gasteiger charge is 1.97. The molecule has 0 fully saturated rings. The van der Waals surface area contributed by atoms with Crippen molar-refractivity contribution in [3.8, 4) is 0 Å². The Kier molecular flexibility index (Phi) is 4.35. The number of rotatable bonds is 6. The molecule has 0 radical (unpaired) electrons. The van der Waals surface area contributed by atoms with Gasteiger partial charge in [0, 0.05) is 24.8 Å². The Morgan fingerprint density at radius 2 is 2.50 bits per heavy atom. The third-order valence-electron chi connectivity index (χ3n) is 1.77. The van der Waals surface area contributed by atoms with Gasteiger partial charge in [-0.3, -0.25) is 4.68 Å². The fraction of sp³-hybridized carbons (Fsp3) is 0.500. The van der Waals surface area contributed by atoms with E-state index in [0.29, 0.717) is 6.54 Å². The van der Waals surface area contributed by atoms with E-state index in [0.717, 1.165) is 24.2 Å². The summed E-state index contributed by atoms with van der Waals surface area (Å²) in [5.41, 5.74) is 2.24. The van der Waals surface area contributed by atoms with Crippen LogP contribution >= 0.6 is 0 Å². The van der Waals surface area contributed by atoms with E-state index in [-0.39, 0.29) is 6.61 Å². The van der Waals surface area contributed by atoms with Crippen LogP contribution in [0.3, 0.4) is 0 Å². The zero-order valence-corrected chi connectivity index (χ0v) is 8.53. The Labute approximate surface area is 84.2 Å². The van der Waals surface area contributed by atoms with Crippen LogP contribution in [-0.4, -0.2) is 28.0 Å². The van der Waals surface area contributed by atoms with Crippen molar-refractivity contribution in [3.05, 3.63) is 30.1 Å². The minimum atomic E-state index is 0.125. The molecule has 1 rings (SSSR count). The van der Waals surface area contributed by atoms with Crippen LogP contribution in [0.1, 0.15) is 12.5 Å². The van der Waals surface area contributed by atoms with Crippen LogP contribution in [0.15, 0.2) is 24.5 Å². The molecule has 0 saturated carbocycles. The summed E-state index contributed by atoms with van der Waals surface area (Å²) in [5.74, 6) is 0. The van der Waals surface area contributed by atoms with Crippen LogP contribution in [0, 0.1) is 0 Å². The molecule has 0 aliphatic carbocycles. The van der Waals surface area contributed by atoms with Gasteiger partial charge in [0.25, 0.3) is 0 Å². The molecule has 0 aliphatic rings. The van der Waals surface area contributed by atoms with Crippen molar-refractivity contribution in [2.45, 2.75) is 20.0 Å². The highest BCUT2D eigenvalue weighted by atomic mass is 16.3. The van der Waals surface area contributed by atoms with E-state index >= 15 is 0 Å². The van der Waals surface area contributed by atoms with E-state index in [9.17, 15) is 0 Å². The molecule has 14 heavy (non-hydrogen) atoms. The molecule has 0 atom stereocenters. The molecule has 1 aromatic heterocycles. The molecular formula is C10H17N3O. The molecule has 4 heteroatoms. The third-order valence-corrected chi connectivity index (χ3v) is 1.77. The number of aliphatic hydroxyl groups excluding tert-OH is 1. The standard InChI is InChI=1S/C10H17N3O/c1-9(2)5-11-6-10-7-12-13(8-10)3-4-14/h7-8,11,14H,1,3-6H2,2H3. The maximum absolute atomic E-state index is 8.69. The van der Waals surface area contributed by atoms with E-state index < -0.39 is 0 Å². The minimum absolute atomic E-state index is 0.125. The quantitative estimate of drug-likeness (QED) is 0.651. The van der Waals surface area contributed by atoms with Gasteiger partial charge in [-0.2, -0.15) is 5.10 Å². The molecule has 78 valence electrons. The second kappa shape index (κ2) is 5.57. The van der Waals surface area contributed by atoms with Gasteiger partial charge in [-0.05, 0) is 6.92 Å². The molecule has 1 aromatic rings. The van der Waals surface area contributed by atoms with Crippen molar-refractivity contribution >= 4 is 0 Å². The largest absolute Gasteiger partial charge is 0.394 e. The van der Waals surface area contributed by atoms with Crippen LogP contribution in [0.25, 0.3) is 0 Å². The first-order valence-corrected chi connectivity index (χ1v) is 4.69. The average Bonchev–Trinajstić information content (AvgIpc) is 2.53. The SMILES string of the molecule is C=C(C)CNCc1cnn(CCO)c1. The number of aromatic nitrogens is 2. The maximum Gasteiger partial charge on any atom is 0.0640 e. The predicted octanol–water partition coefficient (Wildman–Crippen LogP) is 0.541. The number of nitrogens with one attached hydrogen (secondary N) is 1. The van der Waals surface area contributed by atoms with Crippen LogP contribution in [0.5, 0.6) is 0 Å². The summed E-state index contributed by atoms with van der Waals surface area (Å²) in [5, 5.41) is 16.0. The molecule has 0 saturated heterocycles. The van der Waals surface area contributed by atoms with E-state index in [1.165, 1.54) is 0 Å². The Morgan fingerprint density at radius 1 is 1.71 bits per heavy atom. The molecule has 1 heterocycles. The Morgan fingerprint density at radius 3 is 3.14 bits per heavy atom. The predicted molar refractivity (Wildman–Crippen MR) is 55.8 cm³/mol. The van der Waals surface area contributed by atoms with Crippen molar-refractivity contribution in [1.29, 1.82) is 0 Å². The van der Waals surface area contributed by atoms with E-state index in [1.807, 2.05) is 13.1 Å². The summed E-state index contributed by atoms with van der Waals surface area (Å²) >= 11 is 0. The zero-order valence-electron chi connectivity index (χ0n) is 8.53. The first-order valence-electron chi connectivity index (χ1n) is 4.69. The highest BCUT2D eigenvalue weighted by Crippen LogP contribution is 1.97. The summed E-state index contributed by atoms with van der Waals surface area (Å²) in [4.78, 5) is 0. The summed E-state index contributed by atoms with van der Waals surface area (Å²) < 4.78 is 1.73. The summed E-state index contributed by atoms with van der Waals surface area (Å²) in [7, 11) is 0. The van der Waals surface area contributed by atoms with E-state index in [2.05, 4.69) is 17.0 Å². The lowest BCUT2D eigenvalue weighted by Gasteiger charge is -2.00. The smallest absolute Gasteiger partial charge is 0.0640 e. The van der Waals surface area contributed by atoms with Gasteiger partial charge in [-0.25, -0.2) is 0 Å².